The average molecular weight is 166 g/mol. The standard InChI is InChI=1S/C9H8O2.H2O/c1-2-9(10)11-8-6-4-3-5-7-8;/h2-7H,1H2;1H2. The number of hydrogen-bond donors (Lipinski definition) is 0. The maximum absolute atomic E-state index is 10.6. The number of hydrogen-bond acceptors (Lipinski definition) is 2. The molecule has 0 aliphatic rings. The Hall–Kier alpha value is -1.61. The van der Waals surface area contributed by atoms with Crippen molar-refractivity contribution in [2.24, 2.45) is 0 Å². The molecule has 0 radical (unpaired) electrons. The molecule has 0 spiro atoms. The number of ether oxygens (including phenoxy) is 1. The molecule has 0 amide bonds. The van der Waals surface area contributed by atoms with Crippen molar-refractivity contribution in [1.82, 2.24) is 0 Å². The molecular weight excluding hydrogens is 156 g/mol. The lowest BCUT2D eigenvalue weighted by Gasteiger charge is -1.98. The number of rotatable bonds is 2. The van der Waals surface area contributed by atoms with Gasteiger partial charge in [-0.15, -0.1) is 0 Å². The van der Waals surface area contributed by atoms with Gasteiger partial charge in [-0.05, 0) is 12.1 Å². The van der Waals surface area contributed by atoms with Gasteiger partial charge in [-0.2, -0.15) is 0 Å². The Morgan fingerprint density at radius 3 is 2.42 bits per heavy atom. The van der Waals surface area contributed by atoms with E-state index in [1.165, 1.54) is 0 Å². The second-order valence-electron chi connectivity index (χ2n) is 1.94. The highest BCUT2D eigenvalue weighted by Gasteiger charge is 1.95. The molecule has 0 saturated carbocycles. The second-order valence-corrected chi connectivity index (χ2v) is 1.94. The van der Waals surface area contributed by atoms with E-state index in [4.69, 9.17) is 4.74 Å². The maximum Gasteiger partial charge on any atom is 0.335 e. The number of para-hydroxylation sites is 1. The smallest absolute Gasteiger partial charge is 0.335 e. The van der Waals surface area contributed by atoms with Gasteiger partial charge in [0.2, 0.25) is 0 Å². The lowest BCUT2D eigenvalue weighted by atomic mass is 10.3. The van der Waals surface area contributed by atoms with Crippen molar-refractivity contribution >= 4 is 5.97 Å². The number of benzene rings is 1. The molecule has 3 nitrogen and oxygen atoms in total. The second kappa shape index (κ2) is 5.09. The van der Waals surface area contributed by atoms with E-state index >= 15 is 0 Å². The molecule has 0 bridgehead atoms. The lowest BCUT2D eigenvalue weighted by molar-refractivity contribution is -0.128. The van der Waals surface area contributed by atoms with Gasteiger partial charge in [0.15, 0.2) is 0 Å². The van der Waals surface area contributed by atoms with E-state index in [-0.39, 0.29) is 5.48 Å². The van der Waals surface area contributed by atoms with Crippen molar-refractivity contribution in [1.29, 1.82) is 0 Å². The quantitative estimate of drug-likeness (QED) is 0.373. The van der Waals surface area contributed by atoms with Crippen LogP contribution in [0.1, 0.15) is 0 Å². The van der Waals surface area contributed by atoms with Crippen LogP contribution in [0.25, 0.3) is 0 Å². The SMILES string of the molecule is C=CC(=O)Oc1ccccc1.O. The molecule has 0 atom stereocenters. The van der Waals surface area contributed by atoms with Crippen LogP contribution in [0.15, 0.2) is 43.0 Å². The molecular formula is C9H10O3. The van der Waals surface area contributed by atoms with Crippen LogP contribution >= 0.6 is 0 Å². The molecule has 0 aliphatic heterocycles. The Morgan fingerprint density at radius 1 is 1.33 bits per heavy atom. The third kappa shape index (κ3) is 2.98. The molecule has 1 aromatic carbocycles. The highest BCUT2D eigenvalue weighted by molar-refractivity contribution is 5.83. The fourth-order valence-electron chi connectivity index (χ4n) is 0.646. The van der Waals surface area contributed by atoms with Crippen LogP contribution in [-0.4, -0.2) is 11.4 Å². The highest BCUT2D eigenvalue weighted by atomic mass is 16.5. The topological polar surface area (TPSA) is 57.8 Å². The predicted molar refractivity (Wildman–Crippen MR) is 45.9 cm³/mol. The Bertz CT molecular complexity index is 254. The molecule has 0 saturated heterocycles. The largest absolute Gasteiger partial charge is 0.423 e. The van der Waals surface area contributed by atoms with Gasteiger partial charge in [0, 0.05) is 6.08 Å². The van der Waals surface area contributed by atoms with Crippen molar-refractivity contribution in [2.75, 3.05) is 0 Å². The summed E-state index contributed by atoms with van der Waals surface area (Å²) in [6.45, 7) is 3.28. The summed E-state index contributed by atoms with van der Waals surface area (Å²) in [4.78, 5) is 10.6. The molecule has 1 rings (SSSR count). The lowest BCUT2D eigenvalue weighted by Crippen LogP contribution is -2.02. The summed E-state index contributed by atoms with van der Waals surface area (Å²) >= 11 is 0. The van der Waals surface area contributed by atoms with Crippen LogP contribution in [0.5, 0.6) is 5.75 Å². The van der Waals surface area contributed by atoms with Crippen molar-refractivity contribution < 1.29 is 15.0 Å². The molecule has 0 unspecified atom stereocenters. The third-order valence-electron chi connectivity index (χ3n) is 1.13. The molecule has 12 heavy (non-hydrogen) atoms. The summed E-state index contributed by atoms with van der Waals surface area (Å²) in [5.74, 6) is 0.105. The summed E-state index contributed by atoms with van der Waals surface area (Å²) in [7, 11) is 0. The van der Waals surface area contributed by atoms with Crippen LogP contribution in [0.2, 0.25) is 0 Å². The molecule has 0 fully saturated rings. The van der Waals surface area contributed by atoms with Crippen molar-refractivity contribution in [3.05, 3.63) is 43.0 Å². The van der Waals surface area contributed by atoms with E-state index in [2.05, 4.69) is 6.58 Å². The summed E-state index contributed by atoms with van der Waals surface area (Å²) in [6, 6.07) is 8.87. The minimum Gasteiger partial charge on any atom is -0.423 e. The zero-order chi connectivity index (χ0) is 8.10. The first-order valence-electron chi connectivity index (χ1n) is 3.22. The fourth-order valence-corrected chi connectivity index (χ4v) is 0.646. The molecule has 0 heterocycles. The minimum atomic E-state index is -0.434. The van der Waals surface area contributed by atoms with Crippen molar-refractivity contribution in [3.8, 4) is 5.75 Å². The van der Waals surface area contributed by atoms with E-state index in [9.17, 15) is 4.79 Å². The Kier molecular flexibility index (Phi) is 4.41. The third-order valence-corrected chi connectivity index (χ3v) is 1.13. The van der Waals surface area contributed by atoms with Gasteiger partial charge in [-0.25, -0.2) is 4.79 Å². The van der Waals surface area contributed by atoms with Gasteiger partial charge in [-0.1, -0.05) is 24.8 Å². The van der Waals surface area contributed by atoms with E-state index in [0.29, 0.717) is 5.75 Å². The van der Waals surface area contributed by atoms with E-state index in [0.717, 1.165) is 6.08 Å². The summed E-state index contributed by atoms with van der Waals surface area (Å²) in [5.41, 5.74) is 0. The highest BCUT2D eigenvalue weighted by Crippen LogP contribution is 2.07. The summed E-state index contributed by atoms with van der Waals surface area (Å²) in [6.07, 6.45) is 1.13. The Morgan fingerprint density at radius 2 is 1.92 bits per heavy atom. The number of carbonyl (C=O) groups is 1. The Balaban J connectivity index is 0.00000121. The van der Waals surface area contributed by atoms with Crippen LogP contribution < -0.4 is 4.74 Å². The van der Waals surface area contributed by atoms with Crippen LogP contribution in [0, 0.1) is 0 Å². The molecule has 0 aliphatic carbocycles. The van der Waals surface area contributed by atoms with E-state index < -0.39 is 5.97 Å². The predicted octanol–water partition coefficient (Wildman–Crippen LogP) is 0.953. The van der Waals surface area contributed by atoms with Crippen LogP contribution in [-0.2, 0) is 4.79 Å². The fraction of sp³-hybridized carbons (Fsp3) is 0. The number of esters is 1. The maximum atomic E-state index is 10.6. The van der Waals surface area contributed by atoms with Gasteiger partial charge in [-0.3, -0.25) is 0 Å². The zero-order valence-electron chi connectivity index (χ0n) is 6.49. The average Bonchev–Trinajstić information content (AvgIpc) is 2.06. The minimum absolute atomic E-state index is 0. The van der Waals surface area contributed by atoms with Crippen LogP contribution in [0.4, 0.5) is 0 Å². The van der Waals surface area contributed by atoms with Crippen molar-refractivity contribution in [3.63, 3.8) is 0 Å². The summed E-state index contributed by atoms with van der Waals surface area (Å²) < 4.78 is 4.81. The number of carbonyl (C=O) groups excluding carboxylic acids is 1. The molecule has 3 heteroatoms. The monoisotopic (exact) mass is 166 g/mol. The van der Waals surface area contributed by atoms with Crippen molar-refractivity contribution in [2.45, 2.75) is 0 Å². The van der Waals surface area contributed by atoms with Gasteiger partial charge < -0.3 is 10.2 Å². The molecule has 2 N–H and O–H groups in total. The molecule has 64 valence electrons. The van der Waals surface area contributed by atoms with Gasteiger partial charge in [0.25, 0.3) is 0 Å². The van der Waals surface area contributed by atoms with E-state index in [1.807, 2.05) is 6.07 Å². The van der Waals surface area contributed by atoms with Crippen LogP contribution in [0.3, 0.4) is 0 Å². The van der Waals surface area contributed by atoms with Gasteiger partial charge in [0.1, 0.15) is 5.75 Å². The molecule has 0 aromatic heterocycles. The first-order chi connectivity index (χ1) is 5.33. The van der Waals surface area contributed by atoms with Gasteiger partial charge in [0.05, 0.1) is 0 Å². The zero-order valence-corrected chi connectivity index (χ0v) is 6.49. The normalized spacial score (nSPS) is 8.00. The summed E-state index contributed by atoms with van der Waals surface area (Å²) in [5, 5.41) is 0. The molecule has 1 aromatic rings. The Labute approximate surface area is 70.6 Å². The van der Waals surface area contributed by atoms with Gasteiger partial charge >= 0.3 is 5.97 Å². The van der Waals surface area contributed by atoms with E-state index in [1.54, 1.807) is 24.3 Å². The first-order valence-corrected chi connectivity index (χ1v) is 3.22. The first kappa shape index (κ1) is 10.4.